The molecule has 1 saturated heterocycles. The maximum absolute atomic E-state index is 13.8. The number of alkyl halides is 3. The van der Waals surface area contributed by atoms with Crippen LogP contribution in [0.1, 0.15) is 31.0 Å². The minimum Gasteiger partial charge on any atom is -0.466 e. The number of nitrogens with zero attached hydrogens (tertiary/aromatic N) is 1. The van der Waals surface area contributed by atoms with Crippen molar-refractivity contribution in [2.24, 2.45) is 5.92 Å². The first-order valence-electron chi connectivity index (χ1n) is 10.5. The van der Waals surface area contributed by atoms with Crippen molar-refractivity contribution >= 4 is 29.0 Å². The molecule has 3 rings (SSSR count). The maximum Gasteiger partial charge on any atom is 0.437 e. The van der Waals surface area contributed by atoms with Gasteiger partial charge in [0.15, 0.2) is 5.11 Å². The molecule has 1 fully saturated rings. The van der Waals surface area contributed by atoms with Gasteiger partial charge in [0.2, 0.25) is 0 Å². The molecular formula is C23H26F3N3O3S. The van der Waals surface area contributed by atoms with E-state index in [2.05, 4.69) is 10.2 Å². The van der Waals surface area contributed by atoms with Crippen LogP contribution in [0.4, 0.5) is 18.9 Å². The molecule has 0 spiro atoms. The fourth-order valence-corrected chi connectivity index (χ4v) is 4.18. The fraction of sp³-hybridized carbons (Fsp3) is 0.391. The molecule has 0 bridgehead atoms. The number of halogens is 3. The van der Waals surface area contributed by atoms with Gasteiger partial charge in [-0.1, -0.05) is 42.5 Å². The average Bonchev–Trinajstić information content (AvgIpc) is 2.77. The summed E-state index contributed by atoms with van der Waals surface area (Å²) in [7, 11) is 0. The Balaban J connectivity index is 1.93. The summed E-state index contributed by atoms with van der Waals surface area (Å²) in [5.41, 5.74) is -1.24. The number of benzene rings is 2. The Morgan fingerprint density at radius 3 is 2.33 bits per heavy atom. The third-order valence-corrected chi connectivity index (χ3v) is 5.78. The van der Waals surface area contributed by atoms with Gasteiger partial charge in [-0.15, -0.1) is 0 Å². The van der Waals surface area contributed by atoms with Crippen molar-refractivity contribution in [2.75, 3.05) is 18.1 Å². The molecule has 178 valence electrons. The number of ether oxygens (including phenoxy) is 1. The fourth-order valence-electron chi connectivity index (χ4n) is 3.90. The van der Waals surface area contributed by atoms with Crippen molar-refractivity contribution in [3.63, 3.8) is 0 Å². The Morgan fingerprint density at radius 2 is 1.79 bits per heavy atom. The minimum absolute atomic E-state index is 0.135. The smallest absolute Gasteiger partial charge is 0.437 e. The van der Waals surface area contributed by atoms with E-state index < -0.39 is 34.9 Å². The lowest BCUT2D eigenvalue weighted by Crippen LogP contribution is -2.73. The van der Waals surface area contributed by atoms with E-state index in [1.165, 1.54) is 6.92 Å². The monoisotopic (exact) mass is 481 g/mol. The van der Waals surface area contributed by atoms with Crippen LogP contribution in [-0.4, -0.2) is 41.2 Å². The van der Waals surface area contributed by atoms with Crippen LogP contribution < -0.4 is 15.5 Å². The number of anilines is 1. The molecule has 0 unspecified atom stereocenters. The van der Waals surface area contributed by atoms with Crippen LogP contribution in [0.15, 0.2) is 54.6 Å². The highest BCUT2D eigenvalue weighted by Gasteiger charge is 2.66. The van der Waals surface area contributed by atoms with Crippen LogP contribution in [0.5, 0.6) is 0 Å². The minimum atomic E-state index is -5.18. The second kappa shape index (κ2) is 9.96. The van der Waals surface area contributed by atoms with E-state index in [1.807, 2.05) is 42.6 Å². The van der Waals surface area contributed by atoms with Crippen LogP contribution >= 0.6 is 12.2 Å². The van der Waals surface area contributed by atoms with E-state index in [0.717, 1.165) is 11.3 Å². The van der Waals surface area contributed by atoms with Gasteiger partial charge in [-0.25, -0.2) is 0 Å². The maximum atomic E-state index is 13.8. The third-order valence-electron chi connectivity index (χ3n) is 5.56. The van der Waals surface area contributed by atoms with Gasteiger partial charge >= 0.3 is 12.1 Å². The molecule has 0 amide bonds. The average molecular weight is 482 g/mol. The van der Waals surface area contributed by atoms with E-state index in [9.17, 15) is 23.1 Å². The largest absolute Gasteiger partial charge is 0.466 e. The summed E-state index contributed by atoms with van der Waals surface area (Å²) in [6.45, 7) is 4.72. The lowest BCUT2D eigenvalue weighted by atomic mass is 9.82. The quantitative estimate of drug-likeness (QED) is 0.412. The number of hydrogen-bond acceptors (Lipinski definition) is 5. The number of esters is 1. The molecule has 33 heavy (non-hydrogen) atoms. The predicted octanol–water partition coefficient (Wildman–Crippen LogP) is 3.66. The summed E-state index contributed by atoms with van der Waals surface area (Å²) in [5.74, 6) is -3.20. The molecule has 0 radical (unpaired) electrons. The molecule has 0 saturated carbocycles. The van der Waals surface area contributed by atoms with Gasteiger partial charge in [0.25, 0.3) is 5.72 Å². The Kier molecular flexibility index (Phi) is 7.48. The SMILES string of the molecule is CCOC(=O)[C@@H]1[C@@H](c2ccc(N(CC)Cc3ccccc3)cc2)NC(=S)N[C@@]1(O)C(F)(F)F. The van der Waals surface area contributed by atoms with Gasteiger partial charge in [-0.3, -0.25) is 4.79 Å². The van der Waals surface area contributed by atoms with E-state index in [0.29, 0.717) is 18.7 Å². The number of hydrogen-bond donors (Lipinski definition) is 3. The van der Waals surface area contributed by atoms with Gasteiger partial charge in [0.1, 0.15) is 5.92 Å². The topological polar surface area (TPSA) is 73.8 Å². The van der Waals surface area contributed by atoms with Crippen molar-refractivity contribution in [3.05, 3.63) is 65.7 Å². The molecular weight excluding hydrogens is 455 g/mol. The van der Waals surface area contributed by atoms with Crippen LogP contribution in [0.25, 0.3) is 0 Å². The second-order valence-electron chi connectivity index (χ2n) is 7.66. The standard InChI is InChI=1S/C23H26F3N3O3S/c1-3-29(14-15-8-6-5-7-9-15)17-12-10-16(11-13-17)19-18(20(30)32-4-2)22(31,23(24,25)26)28-21(33)27-19/h5-13,18-19,31H,3-4,14H2,1-2H3,(H2,27,28,33)/t18-,19+,22-/m0/s1. The molecule has 0 aromatic heterocycles. The molecule has 2 aromatic rings. The first kappa shape index (κ1) is 24.8. The summed E-state index contributed by atoms with van der Waals surface area (Å²) in [4.78, 5) is 14.7. The number of nitrogens with one attached hydrogen (secondary N) is 2. The van der Waals surface area contributed by atoms with E-state index in [1.54, 1.807) is 24.3 Å². The zero-order valence-corrected chi connectivity index (χ0v) is 19.0. The number of carbonyl (C=O) groups excluding carboxylic acids is 1. The van der Waals surface area contributed by atoms with Gasteiger partial charge in [0, 0.05) is 18.8 Å². The second-order valence-corrected chi connectivity index (χ2v) is 8.07. The summed E-state index contributed by atoms with van der Waals surface area (Å²) in [6, 6.07) is 15.4. The van der Waals surface area contributed by atoms with E-state index >= 15 is 0 Å². The summed E-state index contributed by atoms with van der Waals surface area (Å²) >= 11 is 4.92. The number of rotatable bonds is 7. The van der Waals surface area contributed by atoms with Crippen LogP contribution in [0, 0.1) is 5.92 Å². The van der Waals surface area contributed by atoms with Crippen molar-refractivity contribution in [2.45, 2.75) is 38.3 Å². The lowest BCUT2D eigenvalue weighted by molar-refractivity contribution is -0.292. The lowest BCUT2D eigenvalue weighted by Gasteiger charge is -2.45. The number of thiocarbonyl (C=S) groups is 1. The molecule has 1 aliphatic rings. The summed E-state index contributed by atoms with van der Waals surface area (Å²) in [5, 5.41) is 14.7. The molecule has 3 atom stereocenters. The van der Waals surface area contributed by atoms with Crippen LogP contribution in [-0.2, 0) is 16.1 Å². The molecule has 1 heterocycles. The van der Waals surface area contributed by atoms with Gasteiger partial charge in [-0.2, -0.15) is 13.2 Å². The van der Waals surface area contributed by atoms with Crippen molar-refractivity contribution in [3.8, 4) is 0 Å². The van der Waals surface area contributed by atoms with Gasteiger partial charge < -0.3 is 25.4 Å². The third kappa shape index (κ3) is 5.22. The molecule has 3 N–H and O–H groups in total. The van der Waals surface area contributed by atoms with Crippen LogP contribution in [0.2, 0.25) is 0 Å². The molecule has 2 aromatic carbocycles. The van der Waals surface area contributed by atoms with Crippen molar-refractivity contribution in [1.82, 2.24) is 10.6 Å². The summed E-state index contributed by atoms with van der Waals surface area (Å²) in [6.07, 6.45) is -5.18. The highest BCUT2D eigenvalue weighted by Crippen LogP contribution is 2.43. The van der Waals surface area contributed by atoms with Gasteiger partial charge in [0.05, 0.1) is 12.6 Å². The number of aliphatic hydroxyl groups is 1. The van der Waals surface area contributed by atoms with E-state index in [4.69, 9.17) is 17.0 Å². The van der Waals surface area contributed by atoms with Gasteiger partial charge in [-0.05, 0) is 49.3 Å². The highest BCUT2D eigenvalue weighted by atomic mass is 32.1. The number of carbonyl (C=O) groups is 1. The Morgan fingerprint density at radius 1 is 1.15 bits per heavy atom. The zero-order chi connectivity index (χ0) is 24.2. The van der Waals surface area contributed by atoms with Crippen LogP contribution in [0.3, 0.4) is 0 Å². The van der Waals surface area contributed by atoms with Crippen molar-refractivity contribution < 1.29 is 27.8 Å². The first-order valence-corrected chi connectivity index (χ1v) is 10.9. The van der Waals surface area contributed by atoms with E-state index in [-0.39, 0.29) is 6.61 Å². The van der Waals surface area contributed by atoms with Crippen molar-refractivity contribution in [1.29, 1.82) is 0 Å². The first-order chi connectivity index (χ1) is 15.6. The zero-order valence-electron chi connectivity index (χ0n) is 18.2. The molecule has 1 aliphatic heterocycles. The molecule has 10 heteroatoms. The highest BCUT2D eigenvalue weighted by molar-refractivity contribution is 7.80. The normalized spacial score (nSPS) is 22.8. The Labute approximate surface area is 195 Å². The summed E-state index contributed by atoms with van der Waals surface area (Å²) < 4.78 is 46.4. The molecule has 6 nitrogen and oxygen atoms in total. The Hall–Kier alpha value is -2.85. The Bertz CT molecular complexity index is 972. The molecule has 0 aliphatic carbocycles. The predicted molar refractivity (Wildman–Crippen MR) is 122 cm³/mol.